The van der Waals surface area contributed by atoms with Gasteiger partial charge >= 0.3 is 0 Å². The molecule has 0 atom stereocenters. The van der Waals surface area contributed by atoms with Crippen LogP contribution in [0.5, 0.6) is 0 Å². The van der Waals surface area contributed by atoms with E-state index in [1.54, 1.807) is 18.2 Å². The molecular weight excluding hydrogens is 242 g/mol. The van der Waals surface area contributed by atoms with Gasteiger partial charge in [0.25, 0.3) is 0 Å². The Balaban J connectivity index is 2.32. The highest BCUT2D eigenvalue weighted by molar-refractivity contribution is 7.12. The summed E-state index contributed by atoms with van der Waals surface area (Å²) < 4.78 is 0. The standard InChI is InChI=1S/C15H11NOS/c1-11-4-6-12(7-5-11)9-13(10-16)15(17)14-3-2-8-18-14/h2-9H,1H3/b13-9+. The van der Waals surface area contributed by atoms with Crippen LogP contribution in [0.2, 0.25) is 0 Å². The number of benzene rings is 1. The van der Waals surface area contributed by atoms with Crippen LogP contribution in [0.3, 0.4) is 0 Å². The molecule has 0 spiro atoms. The van der Waals surface area contributed by atoms with Crippen LogP contribution in [0, 0.1) is 18.3 Å². The van der Waals surface area contributed by atoms with E-state index in [0.29, 0.717) is 4.88 Å². The lowest BCUT2D eigenvalue weighted by atomic mass is 10.1. The molecule has 1 aromatic carbocycles. The number of rotatable bonds is 3. The maximum atomic E-state index is 12.0. The van der Waals surface area contributed by atoms with Crippen molar-refractivity contribution < 1.29 is 4.79 Å². The molecule has 0 amide bonds. The first-order valence-corrected chi connectivity index (χ1v) is 6.35. The van der Waals surface area contributed by atoms with Gasteiger partial charge in [0.1, 0.15) is 11.6 Å². The zero-order valence-corrected chi connectivity index (χ0v) is 10.7. The molecule has 0 unspecified atom stereocenters. The zero-order chi connectivity index (χ0) is 13.0. The maximum Gasteiger partial charge on any atom is 0.213 e. The number of nitriles is 1. The van der Waals surface area contributed by atoms with E-state index < -0.39 is 0 Å². The molecule has 0 aliphatic rings. The van der Waals surface area contributed by atoms with Crippen LogP contribution < -0.4 is 0 Å². The molecule has 2 rings (SSSR count). The molecule has 2 nitrogen and oxygen atoms in total. The van der Waals surface area contributed by atoms with Gasteiger partial charge in [-0.1, -0.05) is 35.9 Å². The third-order valence-corrected chi connectivity index (χ3v) is 3.37. The van der Waals surface area contributed by atoms with Gasteiger partial charge in [0.05, 0.1) is 4.88 Å². The third kappa shape index (κ3) is 2.73. The third-order valence-electron chi connectivity index (χ3n) is 2.50. The van der Waals surface area contributed by atoms with Crippen LogP contribution in [0.1, 0.15) is 20.8 Å². The number of Topliss-reactive ketones (excluding diaryl/α,β-unsaturated/α-hetero) is 1. The molecule has 88 valence electrons. The van der Waals surface area contributed by atoms with Crippen molar-refractivity contribution >= 4 is 23.2 Å². The van der Waals surface area contributed by atoms with Crippen LogP contribution >= 0.6 is 11.3 Å². The van der Waals surface area contributed by atoms with E-state index in [4.69, 9.17) is 5.26 Å². The largest absolute Gasteiger partial charge is 0.287 e. The summed E-state index contributed by atoms with van der Waals surface area (Å²) in [6.07, 6.45) is 1.63. The second-order valence-corrected chi connectivity index (χ2v) is 4.83. The van der Waals surface area contributed by atoms with E-state index >= 15 is 0 Å². The molecule has 1 aromatic heterocycles. The predicted molar refractivity (Wildman–Crippen MR) is 73.4 cm³/mol. The fourth-order valence-corrected chi connectivity index (χ4v) is 2.20. The smallest absolute Gasteiger partial charge is 0.213 e. The number of carbonyl (C=O) groups excluding carboxylic acids is 1. The minimum absolute atomic E-state index is 0.168. The van der Waals surface area contributed by atoms with Crippen LogP contribution in [0.25, 0.3) is 6.08 Å². The molecule has 0 saturated heterocycles. The first-order chi connectivity index (χ1) is 8.70. The molecule has 0 N–H and O–H groups in total. The van der Waals surface area contributed by atoms with Crippen molar-refractivity contribution in [3.05, 3.63) is 63.4 Å². The van der Waals surface area contributed by atoms with Gasteiger partial charge in [0, 0.05) is 0 Å². The number of aryl methyl sites for hydroxylation is 1. The molecule has 0 fully saturated rings. The van der Waals surface area contributed by atoms with Crippen molar-refractivity contribution in [2.75, 3.05) is 0 Å². The number of ketones is 1. The number of thiophene rings is 1. The number of nitrogens with zero attached hydrogens (tertiary/aromatic N) is 1. The summed E-state index contributed by atoms with van der Waals surface area (Å²) in [4.78, 5) is 12.6. The van der Waals surface area contributed by atoms with Crippen molar-refractivity contribution in [1.29, 1.82) is 5.26 Å². The average molecular weight is 253 g/mol. The highest BCUT2D eigenvalue weighted by Crippen LogP contribution is 2.16. The number of allylic oxidation sites excluding steroid dienone is 1. The van der Waals surface area contributed by atoms with Gasteiger partial charge in [-0.15, -0.1) is 11.3 Å². The monoisotopic (exact) mass is 253 g/mol. The molecule has 18 heavy (non-hydrogen) atoms. The molecule has 3 heteroatoms. The summed E-state index contributed by atoms with van der Waals surface area (Å²) in [5, 5.41) is 10.9. The summed E-state index contributed by atoms with van der Waals surface area (Å²) in [5.41, 5.74) is 2.18. The Morgan fingerprint density at radius 1 is 1.28 bits per heavy atom. The maximum absolute atomic E-state index is 12.0. The van der Waals surface area contributed by atoms with Crippen molar-refractivity contribution in [3.63, 3.8) is 0 Å². The molecule has 0 saturated carbocycles. The van der Waals surface area contributed by atoms with E-state index in [-0.39, 0.29) is 11.4 Å². The van der Waals surface area contributed by atoms with Gasteiger partial charge < -0.3 is 0 Å². The Hall–Kier alpha value is -2.18. The molecule has 1 heterocycles. The van der Waals surface area contributed by atoms with Crippen molar-refractivity contribution in [1.82, 2.24) is 0 Å². The summed E-state index contributed by atoms with van der Waals surface area (Å²) in [6, 6.07) is 13.2. The van der Waals surface area contributed by atoms with Crippen LogP contribution in [-0.2, 0) is 0 Å². The Bertz CT molecular complexity index is 616. The van der Waals surface area contributed by atoms with E-state index in [2.05, 4.69) is 0 Å². The first-order valence-electron chi connectivity index (χ1n) is 5.47. The van der Waals surface area contributed by atoms with Gasteiger partial charge in [-0.05, 0) is 30.0 Å². The normalized spacial score (nSPS) is 11.0. The van der Waals surface area contributed by atoms with Gasteiger partial charge in [-0.25, -0.2) is 0 Å². The fourth-order valence-electron chi connectivity index (χ4n) is 1.52. The lowest BCUT2D eigenvalue weighted by molar-refractivity contribution is 0.104. The molecule has 0 aliphatic carbocycles. The van der Waals surface area contributed by atoms with Crippen molar-refractivity contribution in [2.24, 2.45) is 0 Å². The molecule has 2 aromatic rings. The number of hydrogen-bond donors (Lipinski definition) is 0. The van der Waals surface area contributed by atoms with E-state index in [0.717, 1.165) is 11.1 Å². The number of carbonyl (C=O) groups is 1. The predicted octanol–water partition coefficient (Wildman–Crippen LogP) is 3.85. The highest BCUT2D eigenvalue weighted by Gasteiger charge is 2.12. The Labute approximate surface area is 110 Å². The topological polar surface area (TPSA) is 40.9 Å². The van der Waals surface area contributed by atoms with Gasteiger partial charge in [-0.3, -0.25) is 4.79 Å². The SMILES string of the molecule is Cc1ccc(/C=C(\C#N)C(=O)c2cccs2)cc1. The Morgan fingerprint density at radius 3 is 2.56 bits per heavy atom. The molecule has 0 radical (unpaired) electrons. The van der Waals surface area contributed by atoms with Crippen molar-refractivity contribution in [3.8, 4) is 6.07 Å². The minimum atomic E-state index is -0.215. The second kappa shape index (κ2) is 5.44. The Kier molecular flexibility index (Phi) is 3.71. The summed E-state index contributed by atoms with van der Waals surface area (Å²) in [6.45, 7) is 2.00. The molecule has 0 aliphatic heterocycles. The number of hydrogen-bond acceptors (Lipinski definition) is 3. The van der Waals surface area contributed by atoms with E-state index in [1.807, 2.05) is 42.6 Å². The minimum Gasteiger partial charge on any atom is -0.287 e. The van der Waals surface area contributed by atoms with E-state index in [9.17, 15) is 4.79 Å². The molecular formula is C15H11NOS. The lowest BCUT2D eigenvalue weighted by Gasteiger charge is -1.97. The van der Waals surface area contributed by atoms with Gasteiger partial charge in [0.2, 0.25) is 5.78 Å². The fraction of sp³-hybridized carbons (Fsp3) is 0.0667. The van der Waals surface area contributed by atoms with E-state index in [1.165, 1.54) is 11.3 Å². The average Bonchev–Trinajstić information content (AvgIpc) is 2.91. The summed E-state index contributed by atoms with van der Waals surface area (Å²) in [5.74, 6) is -0.215. The van der Waals surface area contributed by atoms with Crippen LogP contribution in [-0.4, -0.2) is 5.78 Å². The molecule has 0 bridgehead atoms. The lowest BCUT2D eigenvalue weighted by Crippen LogP contribution is -1.98. The van der Waals surface area contributed by atoms with Crippen molar-refractivity contribution in [2.45, 2.75) is 6.92 Å². The van der Waals surface area contributed by atoms with Crippen LogP contribution in [0.15, 0.2) is 47.4 Å². The summed E-state index contributed by atoms with van der Waals surface area (Å²) in [7, 11) is 0. The quantitative estimate of drug-likeness (QED) is 0.473. The summed E-state index contributed by atoms with van der Waals surface area (Å²) >= 11 is 1.35. The first kappa shape index (κ1) is 12.3. The zero-order valence-electron chi connectivity index (χ0n) is 9.88. The Morgan fingerprint density at radius 2 is 2.00 bits per heavy atom. The highest BCUT2D eigenvalue weighted by atomic mass is 32.1. The van der Waals surface area contributed by atoms with Crippen LogP contribution in [0.4, 0.5) is 0 Å². The van der Waals surface area contributed by atoms with Gasteiger partial charge in [-0.2, -0.15) is 5.26 Å². The van der Waals surface area contributed by atoms with Gasteiger partial charge in [0.15, 0.2) is 0 Å². The second-order valence-electron chi connectivity index (χ2n) is 3.89.